The van der Waals surface area contributed by atoms with Crippen LogP contribution in [-0.2, 0) is 0 Å². The van der Waals surface area contributed by atoms with Gasteiger partial charge >= 0.3 is 6.36 Å². The third kappa shape index (κ3) is 3.24. The van der Waals surface area contributed by atoms with Gasteiger partial charge in [-0.25, -0.2) is 0 Å². The summed E-state index contributed by atoms with van der Waals surface area (Å²) in [4.78, 5) is 0. The lowest BCUT2D eigenvalue weighted by atomic mass is 10.3. The molecule has 0 aliphatic rings. The van der Waals surface area contributed by atoms with Gasteiger partial charge in [0, 0.05) is 3.57 Å². The zero-order valence-electron chi connectivity index (χ0n) is 7.06. The predicted molar refractivity (Wildman–Crippen MR) is 52.4 cm³/mol. The van der Waals surface area contributed by atoms with Crippen molar-refractivity contribution >= 4 is 22.6 Å². The fraction of sp³-hybridized carbons (Fsp3) is 0.250. The summed E-state index contributed by atoms with van der Waals surface area (Å²) in [6.45, 7) is 0. The zero-order valence-corrected chi connectivity index (χ0v) is 9.22. The molecule has 14 heavy (non-hydrogen) atoms. The lowest BCUT2D eigenvalue weighted by Gasteiger charge is -2.12. The molecule has 6 heteroatoms. The van der Waals surface area contributed by atoms with Crippen LogP contribution in [0, 0.1) is 3.57 Å². The van der Waals surface area contributed by atoms with Gasteiger partial charge in [0.2, 0.25) is 0 Å². The molecule has 0 spiro atoms. The van der Waals surface area contributed by atoms with E-state index in [2.05, 4.69) is 4.74 Å². The van der Waals surface area contributed by atoms with Gasteiger partial charge < -0.3 is 9.47 Å². The summed E-state index contributed by atoms with van der Waals surface area (Å²) in [5.74, 6) is -0.269. The van der Waals surface area contributed by atoms with E-state index in [1.807, 2.05) is 22.6 Å². The molecule has 1 rings (SSSR count). The van der Waals surface area contributed by atoms with E-state index in [4.69, 9.17) is 4.74 Å². The largest absolute Gasteiger partial charge is 0.573 e. The Morgan fingerprint density at radius 2 is 1.86 bits per heavy atom. The Morgan fingerprint density at radius 1 is 1.21 bits per heavy atom. The quantitative estimate of drug-likeness (QED) is 0.780. The lowest BCUT2D eigenvalue weighted by Crippen LogP contribution is -2.17. The van der Waals surface area contributed by atoms with Gasteiger partial charge in [0.05, 0.1) is 7.11 Å². The van der Waals surface area contributed by atoms with Crippen LogP contribution in [0.1, 0.15) is 0 Å². The first-order chi connectivity index (χ1) is 6.42. The number of hydrogen-bond donors (Lipinski definition) is 0. The Kier molecular flexibility index (Phi) is 3.46. The molecule has 0 fully saturated rings. The average molecular weight is 318 g/mol. The van der Waals surface area contributed by atoms with Crippen LogP contribution < -0.4 is 9.47 Å². The summed E-state index contributed by atoms with van der Waals surface area (Å²) >= 11 is 1.97. The van der Waals surface area contributed by atoms with Crippen molar-refractivity contribution in [2.45, 2.75) is 6.36 Å². The molecular weight excluding hydrogens is 312 g/mol. The molecule has 0 saturated carbocycles. The predicted octanol–water partition coefficient (Wildman–Crippen LogP) is 3.20. The topological polar surface area (TPSA) is 18.5 Å². The number of alkyl halides is 3. The van der Waals surface area contributed by atoms with E-state index in [-0.39, 0.29) is 11.5 Å². The number of ether oxygens (including phenoxy) is 2. The molecule has 0 bridgehead atoms. The van der Waals surface area contributed by atoms with Gasteiger partial charge in [-0.1, -0.05) is 0 Å². The summed E-state index contributed by atoms with van der Waals surface area (Å²) < 4.78 is 44.9. The molecule has 0 amide bonds. The van der Waals surface area contributed by atoms with Crippen molar-refractivity contribution < 1.29 is 22.6 Å². The van der Waals surface area contributed by atoms with Crippen molar-refractivity contribution in [3.8, 4) is 11.5 Å². The van der Waals surface area contributed by atoms with Crippen molar-refractivity contribution in [3.05, 3.63) is 21.8 Å². The van der Waals surface area contributed by atoms with Gasteiger partial charge in [-0.3, -0.25) is 0 Å². The van der Waals surface area contributed by atoms with E-state index < -0.39 is 6.36 Å². The Morgan fingerprint density at radius 3 is 2.36 bits per heavy atom. The van der Waals surface area contributed by atoms with Crippen LogP contribution in [0.4, 0.5) is 13.2 Å². The molecule has 0 unspecified atom stereocenters. The first-order valence-corrected chi connectivity index (χ1v) is 4.59. The van der Waals surface area contributed by atoms with Crippen molar-refractivity contribution in [1.82, 2.24) is 0 Å². The van der Waals surface area contributed by atoms with Gasteiger partial charge in [-0.15, -0.1) is 13.2 Å². The Bertz CT molecular complexity index is 325. The summed E-state index contributed by atoms with van der Waals surface area (Å²) in [5.41, 5.74) is 0. The van der Waals surface area contributed by atoms with E-state index in [1.54, 1.807) is 0 Å². The molecule has 0 aliphatic heterocycles. The second-order valence-corrected chi connectivity index (χ2v) is 3.59. The van der Waals surface area contributed by atoms with Gasteiger partial charge in [-0.05, 0) is 40.8 Å². The zero-order chi connectivity index (χ0) is 10.8. The third-order valence-corrected chi connectivity index (χ3v) is 2.02. The number of hydrogen-bond acceptors (Lipinski definition) is 2. The smallest absolute Gasteiger partial charge is 0.493 e. The Hall–Kier alpha value is -0.660. The van der Waals surface area contributed by atoms with E-state index in [0.29, 0.717) is 0 Å². The van der Waals surface area contributed by atoms with Gasteiger partial charge in [0.1, 0.15) is 0 Å². The highest BCUT2D eigenvalue weighted by atomic mass is 127. The summed E-state index contributed by atoms with van der Waals surface area (Å²) in [6.07, 6.45) is -4.69. The fourth-order valence-corrected chi connectivity index (χ4v) is 1.31. The molecule has 0 N–H and O–H groups in total. The lowest BCUT2D eigenvalue weighted by molar-refractivity contribution is -0.275. The molecule has 0 heterocycles. The second-order valence-electron chi connectivity index (χ2n) is 2.34. The molecule has 78 valence electrons. The molecule has 0 atom stereocenters. The molecule has 1 aromatic carbocycles. The number of rotatable bonds is 2. The third-order valence-electron chi connectivity index (χ3n) is 1.35. The molecule has 2 nitrogen and oxygen atoms in total. The highest BCUT2D eigenvalue weighted by Crippen LogP contribution is 2.32. The number of halogens is 4. The van der Waals surface area contributed by atoms with E-state index >= 15 is 0 Å². The molecule has 0 aliphatic carbocycles. The maximum Gasteiger partial charge on any atom is 0.573 e. The maximum absolute atomic E-state index is 11.9. The normalized spacial score (nSPS) is 11.2. The minimum atomic E-state index is -4.69. The van der Waals surface area contributed by atoms with Gasteiger partial charge in [-0.2, -0.15) is 0 Å². The van der Waals surface area contributed by atoms with Crippen LogP contribution >= 0.6 is 22.6 Å². The fourth-order valence-electron chi connectivity index (χ4n) is 0.850. The van der Waals surface area contributed by atoms with Crippen molar-refractivity contribution in [1.29, 1.82) is 0 Å². The maximum atomic E-state index is 11.9. The molecule has 0 radical (unpaired) electrons. The summed E-state index contributed by atoms with van der Waals surface area (Å²) in [6, 6.07) is 4.18. The van der Waals surface area contributed by atoms with E-state index in [1.165, 1.54) is 25.3 Å². The first-order valence-electron chi connectivity index (χ1n) is 3.51. The SMILES string of the molecule is COc1cc(I)ccc1OC(F)(F)F. The van der Waals surface area contributed by atoms with Crippen molar-refractivity contribution in [2.75, 3.05) is 7.11 Å². The van der Waals surface area contributed by atoms with Crippen LogP contribution in [0.5, 0.6) is 11.5 Å². The number of benzene rings is 1. The van der Waals surface area contributed by atoms with Crippen LogP contribution in [0.15, 0.2) is 18.2 Å². The highest BCUT2D eigenvalue weighted by molar-refractivity contribution is 14.1. The van der Waals surface area contributed by atoms with E-state index in [0.717, 1.165) is 3.57 Å². The first kappa shape index (κ1) is 11.4. The van der Waals surface area contributed by atoms with Crippen LogP contribution in [0.3, 0.4) is 0 Å². The summed E-state index contributed by atoms with van der Waals surface area (Å²) in [5, 5.41) is 0. The van der Waals surface area contributed by atoms with E-state index in [9.17, 15) is 13.2 Å². The molecule has 1 aromatic rings. The van der Waals surface area contributed by atoms with Gasteiger partial charge in [0.15, 0.2) is 11.5 Å². The molecule has 0 aromatic heterocycles. The Labute approximate surface area is 92.1 Å². The average Bonchev–Trinajstić information content (AvgIpc) is 2.06. The molecular formula is C8H6F3IO2. The monoisotopic (exact) mass is 318 g/mol. The minimum Gasteiger partial charge on any atom is -0.493 e. The standard InChI is InChI=1S/C8H6F3IO2/c1-13-7-4-5(12)2-3-6(7)14-8(9,10)11/h2-4H,1H3. The molecule has 0 saturated heterocycles. The van der Waals surface area contributed by atoms with Crippen LogP contribution in [-0.4, -0.2) is 13.5 Å². The van der Waals surface area contributed by atoms with Crippen LogP contribution in [0.25, 0.3) is 0 Å². The highest BCUT2D eigenvalue weighted by Gasteiger charge is 2.32. The van der Waals surface area contributed by atoms with Gasteiger partial charge in [0.25, 0.3) is 0 Å². The summed E-state index contributed by atoms with van der Waals surface area (Å²) in [7, 11) is 1.29. The number of methoxy groups -OCH3 is 1. The van der Waals surface area contributed by atoms with Crippen molar-refractivity contribution in [2.24, 2.45) is 0 Å². The van der Waals surface area contributed by atoms with Crippen molar-refractivity contribution in [3.63, 3.8) is 0 Å². The minimum absolute atomic E-state index is 0.0641. The second kappa shape index (κ2) is 4.24. The Balaban J connectivity index is 2.97. The van der Waals surface area contributed by atoms with Crippen LogP contribution in [0.2, 0.25) is 0 Å².